The third kappa shape index (κ3) is 2.47. The average molecular weight is 298 g/mol. The standard InChI is InChI=1S/C18H16ClNO/c1-18(14-11-16(19)17(21)20-12-14)10-6-5-9-15(18)13-7-3-2-4-8-13/h2-9,11-12H,10H2,1H3,(H,20,21). The molecule has 3 rings (SSSR count). The van der Waals surface area contributed by atoms with Crippen molar-refractivity contribution >= 4 is 17.2 Å². The lowest BCUT2D eigenvalue weighted by atomic mass is 9.69. The first-order chi connectivity index (χ1) is 10.1. The molecule has 106 valence electrons. The van der Waals surface area contributed by atoms with E-state index >= 15 is 0 Å². The predicted octanol–water partition coefficient (Wildman–Crippen LogP) is 4.33. The molecule has 0 saturated heterocycles. The Morgan fingerprint density at radius 2 is 2.00 bits per heavy atom. The topological polar surface area (TPSA) is 32.9 Å². The number of hydrogen-bond donors (Lipinski definition) is 1. The summed E-state index contributed by atoms with van der Waals surface area (Å²) < 4.78 is 0. The van der Waals surface area contributed by atoms with Crippen LogP contribution in [0.1, 0.15) is 24.5 Å². The Morgan fingerprint density at radius 3 is 2.71 bits per heavy atom. The van der Waals surface area contributed by atoms with Gasteiger partial charge < -0.3 is 4.98 Å². The zero-order valence-corrected chi connectivity index (χ0v) is 12.5. The van der Waals surface area contributed by atoms with Crippen LogP contribution in [0.2, 0.25) is 5.02 Å². The minimum atomic E-state index is -0.249. The molecular formula is C18H16ClNO. The van der Waals surface area contributed by atoms with Crippen LogP contribution in [0.5, 0.6) is 0 Å². The van der Waals surface area contributed by atoms with E-state index in [0.29, 0.717) is 0 Å². The number of H-pyrrole nitrogens is 1. The van der Waals surface area contributed by atoms with Gasteiger partial charge >= 0.3 is 0 Å². The molecule has 0 fully saturated rings. The third-order valence-corrected chi connectivity index (χ3v) is 4.38. The van der Waals surface area contributed by atoms with Crippen molar-refractivity contribution in [3.8, 4) is 0 Å². The molecule has 2 nitrogen and oxygen atoms in total. The normalized spacial score (nSPS) is 21.1. The molecule has 0 amide bonds. The number of allylic oxidation sites excluding steroid dienone is 4. The van der Waals surface area contributed by atoms with E-state index in [4.69, 9.17) is 11.6 Å². The smallest absolute Gasteiger partial charge is 0.266 e. The number of aromatic amines is 1. The fourth-order valence-electron chi connectivity index (χ4n) is 2.84. The Bertz CT molecular complexity index is 773. The molecule has 1 aromatic carbocycles. The van der Waals surface area contributed by atoms with Crippen LogP contribution in [0.25, 0.3) is 5.57 Å². The van der Waals surface area contributed by atoms with Gasteiger partial charge in [-0.3, -0.25) is 4.79 Å². The molecule has 1 atom stereocenters. The van der Waals surface area contributed by atoms with Crippen molar-refractivity contribution in [2.45, 2.75) is 18.8 Å². The van der Waals surface area contributed by atoms with Crippen LogP contribution in [0.4, 0.5) is 0 Å². The molecule has 1 aliphatic rings. The SMILES string of the molecule is CC1(c2c[nH]c(=O)c(Cl)c2)CC=CC=C1c1ccccc1. The summed E-state index contributed by atoms with van der Waals surface area (Å²) in [6, 6.07) is 12.1. The van der Waals surface area contributed by atoms with E-state index in [9.17, 15) is 4.79 Å². The van der Waals surface area contributed by atoms with Crippen LogP contribution in [-0.4, -0.2) is 4.98 Å². The van der Waals surface area contributed by atoms with Gasteiger partial charge in [0.05, 0.1) is 0 Å². The van der Waals surface area contributed by atoms with Crippen LogP contribution < -0.4 is 5.56 Å². The van der Waals surface area contributed by atoms with Crippen molar-refractivity contribution in [1.82, 2.24) is 4.98 Å². The molecule has 0 radical (unpaired) electrons. The van der Waals surface area contributed by atoms with Crippen molar-refractivity contribution < 1.29 is 0 Å². The zero-order chi connectivity index (χ0) is 14.9. The van der Waals surface area contributed by atoms with Crippen LogP contribution in [0.3, 0.4) is 0 Å². The molecule has 21 heavy (non-hydrogen) atoms. The third-order valence-electron chi connectivity index (χ3n) is 4.10. The second-order valence-electron chi connectivity index (χ2n) is 5.48. The fraction of sp³-hybridized carbons (Fsp3) is 0.167. The van der Waals surface area contributed by atoms with Gasteiger partial charge in [0.25, 0.3) is 5.56 Å². The summed E-state index contributed by atoms with van der Waals surface area (Å²) in [6.45, 7) is 2.18. The second-order valence-corrected chi connectivity index (χ2v) is 5.88. The number of pyridine rings is 1. The maximum atomic E-state index is 11.5. The second kappa shape index (κ2) is 5.38. The Kier molecular flexibility index (Phi) is 3.56. The minimum Gasteiger partial charge on any atom is -0.328 e. The van der Waals surface area contributed by atoms with E-state index in [0.717, 1.165) is 12.0 Å². The highest BCUT2D eigenvalue weighted by Gasteiger charge is 2.32. The Morgan fingerprint density at radius 1 is 1.24 bits per heavy atom. The largest absolute Gasteiger partial charge is 0.328 e. The van der Waals surface area contributed by atoms with Crippen LogP contribution in [0, 0.1) is 0 Å². The first-order valence-electron chi connectivity index (χ1n) is 6.93. The van der Waals surface area contributed by atoms with Crippen LogP contribution in [0.15, 0.2) is 65.6 Å². The van der Waals surface area contributed by atoms with E-state index in [-0.39, 0.29) is 16.0 Å². The van der Waals surface area contributed by atoms with E-state index in [2.05, 4.69) is 42.3 Å². The highest BCUT2D eigenvalue weighted by molar-refractivity contribution is 6.30. The summed E-state index contributed by atoms with van der Waals surface area (Å²) >= 11 is 6.01. The van der Waals surface area contributed by atoms with Gasteiger partial charge in [-0.2, -0.15) is 0 Å². The Labute approximate surface area is 128 Å². The summed E-state index contributed by atoms with van der Waals surface area (Å²) in [6.07, 6.45) is 9.00. The molecule has 0 spiro atoms. The van der Waals surface area contributed by atoms with Crippen molar-refractivity contribution in [1.29, 1.82) is 0 Å². The number of nitrogens with one attached hydrogen (secondary N) is 1. The molecule has 1 heterocycles. The molecule has 1 N–H and O–H groups in total. The molecular weight excluding hydrogens is 282 g/mol. The van der Waals surface area contributed by atoms with Crippen LogP contribution in [-0.2, 0) is 5.41 Å². The first kappa shape index (κ1) is 13.9. The van der Waals surface area contributed by atoms with Crippen molar-refractivity contribution in [3.63, 3.8) is 0 Å². The molecule has 1 aromatic heterocycles. The molecule has 0 bridgehead atoms. The van der Waals surface area contributed by atoms with Gasteiger partial charge in [-0.15, -0.1) is 0 Å². The summed E-state index contributed by atoms with van der Waals surface area (Å²) in [4.78, 5) is 14.2. The van der Waals surface area contributed by atoms with Crippen molar-refractivity contribution in [2.75, 3.05) is 0 Å². The zero-order valence-electron chi connectivity index (χ0n) is 11.8. The highest BCUT2D eigenvalue weighted by atomic mass is 35.5. The first-order valence-corrected chi connectivity index (χ1v) is 7.30. The van der Waals surface area contributed by atoms with Gasteiger partial charge in [0.2, 0.25) is 0 Å². The number of benzene rings is 1. The number of halogens is 1. The van der Waals surface area contributed by atoms with Gasteiger partial charge in [-0.25, -0.2) is 0 Å². The summed E-state index contributed by atoms with van der Waals surface area (Å²) in [5, 5.41) is 0.232. The lowest BCUT2D eigenvalue weighted by Crippen LogP contribution is -2.26. The monoisotopic (exact) mass is 297 g/mol. The molecule has 1 aliphatic carbocycles. The quantitative estimate of drug-likeness (QED) is 0.879. The average Bonchev–Trinajstić information content (AvgIpc) is 2.51. The molecule has 1 unspecified atom stereocenters. The van der Waals surface area contributed by atoms with Gasteiger partial charge in [-0.05, 0) is 29.2 Å². The van der Waals surface area contributed by atoms with E-state index < -0.39 is 0 Å². The molecule has 2 aromatic rings. The minimum absolute atomic E-state index is 0.204. The van der Waals surface area contributed by atoms with E-state index in [1.807, 2.05) is 18.2 Å². The number of hydrogen-bond acceptors (Lipinski definition) is 1. The molecule has 3 heteroatoms. The summed E-state index contributed by atoms with van der Waals surface area (Å²) in [7, 11) is 0. The van der Waals surface area contributed by atoms with Gasteiger partial charge in [0.15, 0.2) is 0 Å². The molecule has 0 saturated carbocycles. The fourth-order valence-corrected chi connectivity index (χ4v) is 3.01. The van der Waals surface area contributed by atoms with Crippen molar-refractivity contribution in [2.24, 2.45) is 0 Å². The van der Waals surface area contributed by atoms with Crippen LogP contribution >= 0.6 is 11.6 Å². The van der Waals surface area contributed by atoms with Crippen molar-refractivity contribution in [3.05, 3.63) is 87.3 Å². The van der Waals surface area contributed by atoms with Gasteiger partial charge in [0, 0.05) is 11.6 Å². The Balaban J connectivity index is 2.14. The maximum absolute atomic E-state index is 11.5. The van der Waals surface area contributed by atoms with E-state index in [1.165, 1.54) is 11.1 Å². The highest BCUT2D eigenvalue weighted by Crippen LogP contribution is 2.43. The maximum Gasteiger partial charge on any atom is 0.266 e. The number of rotatable bonds is 2. The predicted molar refractivity (Wildman–Crippen MR) is 87.6 cm³/mol. The lowest BCUT2D eigenvalue weighted by Gasteiger charge is -2.34. The molecule has 0 aliphatic heterocycles. The van der Waals surface area contributed by atoms with Gasteiger partial charge in [0.1, 0.15) is 5.02 Å². The Hall–Kier alpha value is -2.06. The van der Waals surface area contributed by atoms with E-state index in [1.54, 1.807) is 12.3 Å². The summed E-state index contributed by atoms with van der Waals surface area (Å²) in [5.74, 6) is 0. The lowest BCUT2D eigenvalue weighted by molar-refractivity contribution is 0.617. The summed E-state index contributed by atoms with van der Waals surface area (Å²) in [5.41, 5.74) is 2.98. The number of aromatic nitrogens is 1. The van der Waals surface area contributed by atoms with Gasteiger partial charge in [-0.1, -0.05) is 67.1 Å².